The summed E-state index contributed by atoms with van der Waals surface area (Å²) in [5.41, 5.74) is 0. The van der Waals surface area contributed by atoms with Crippen molar-refractivity contribution in [1.29, 1.82) is 0 Å². The van der Waals surface area contributed by atoms with E-state index in [1.54, 1.807) is 0 Å². The summed E-state index contributed by atoms with van der Waals surface area (Å²) in [5.74, 6) is 2.51. The van der Waals surface area contributed by atoms with E-state index in [1.807, 2.05) is 0 Å². The number of anilines is 2. The lowest BCUT2D eigenvalue weighted by Crippen LogP contribution is -2.26. The monoisotopic (exact) mass is 335 g/mol. The topological polar surface area (TPSA) is 45.2 Å². The van der Waals surface area contributed by atoms with Gasteiger partial charge in [-0.2, -0.15) is 15.0 Å². The molecule has 0 saturated carbocycles. The predicted octanol–water partition coefficient (Wildman–Crippen LogP) is 4.47. The normalized spacial score (nSPS) is 10.9. The van der Waals surface area contributed by atoms with E-state index in [0.29, 0.717) is 0 Å². The van der Waals surface area contributed by atoms with E-state index < -0.39 is 0 Å². The molecule has 0 saturated heterocycles. The molecule has 24 heavy (non-hydrogen) atoms. The van der Waals surface area contributed by atoms with E-state index in [4.69, 9.17) is 4.98 Å². The Hall–Kier alpha value is -1.39. The fourth-order valence-corrected chi connectivity index (χ4v) is 2.65. The van der Waals surface area contributed by atoms with E-state index >= 15 is 0 Å². The van der Waals surface area contributed by atoms with E-state index in [0.717, 1.165) is 37.2 Å². The highest BCUT2D eigenvalue weighted by molar-refractivity contribution is 5.38. The van der Waals surface area contributed by atoms with Crippen LogP contribution in [0.4, 0.5) is 11.9 Å². The Labute approximate surface area is 148 Å². The highest BCUT2D eigenvalue weighted by Crippen LogP contribution is 2.14. The van der Waals surface area contributed by atoms with Crippen LogP contribution in [-0.4, -0.2) is 42.1 Å². The summed E-state index contributed by atoms with van der Waals surface area (Å²) in [7, 11) is 4.18. The third-order valence-corrected chi connectivity index (χ3v) is 4.35. The van der Waals surface area contributed by atoms with Gasteiger partial charge in [-0.1, -0.05) is 59.3 Å². The molecule has 5 nitrogen and oxygen atoms in total. The second kappa shape index (κ2) is 12.0. The first-order valence-corrected chi connectivity index (χ1v) is 9.79. The van der Waals surface area contributed by atoms with Crippen molar-refractivity contribution in [3.63, 3.8) is 0 Å². The molecule has 5 heteroatoms. The smallest absolute Gasteiger partial charge is 0.230 e. The maximum absolute atomic E-state index is 4.71. The Balaban J connectivity index is 2.68. The molecule has 1 heterocycles. The first-order valence-electron chi connectivity index (χ1n) is 9.79. The summed E-state index contributed by atoms with van der Waals surface area (Å²) >= 11 is 0. The molecule has 0 spiro atoms. The van der Waals surface area contributed by atoms with Crippen molar-refractivity contribution in [2.75, 3.05) is 37.0 Å². The van der Waals surface area contributed by atoms with Crippen LogP contribution in [-0.2, 0) is 6.42 Å². The lowest BCUT2D eigenvalue weighted by atomic mass is 10.2. The molecule has 0 aliphatic heterocycles. The van der Waals surface area contributed by atoms with Crippen molar-refractivity contribution in [3.05, 3.63) is 5.82 Å². The van der Waals surface area contributed by atoms with Crippen LogP contribution in [0, 0.1) is 0 Å². The number of hydrogen-bond acceptors (Lipinski definition) is 5. The summed E-state index contributed by atoms with van der Waals surface area (Å²) in [6.45, 7) is 8.60. The number of aromatic nitrogens is 3. The van der Waals surface area contributed by atoms with Crippen molar-refractivity contribution in [1.82, 2.24) is 15.0 Å². The third kappa shape index (κ3) is 7.45. The van der Waals surface area contributed by atoms with E-state index in [1.165, 1.54) is 51.4 Å². The Kier molecular flexibility index (Phi) is 10.4. The van der Waals surface area contributed by atoms with Crippen LogP contribution in [0.2, 0.25) is 0 Å². The first-order chi connectivity index (χ1) is 11.6. The number of rotatable bonds is 13. The molecule has 1 aromatic rings. The third-order valence-electron chi connectivity index (χ3n) is 4.35. The second-order valence-corrected chi connectivity index (χ2v) is 6.67. The molecule has 0 aliphatic rings. The zero-order valence-electron chi connectivity index (χ0n) is 16.5. The molecule has 0 radical (unpaired) electrons. The molecular weight excluding hydrogens is 298 g/mol. The van der Waals surface area contributed by atoms with Crippen LogP contribution < -0.4 is 9.80 Å². The Morgan fingerprint density at radius 1 is 0.625 bits per heavy atom. The van der Waals surface area contributed by atoms with Gasteiger partial charge in [0.25, 0.3) is 0 Å². The molecule has 0 fully saturated rings. The van der Waals surface area contributed by atoms with Crippen LogP contribution in [0.5, 0.6) is 0 Å². The van der Waals surface area contributed by atoms with Crippen molar-refractivity contribution in [2.45, 2.75) is 78.6 Å². The first kappa shape index (κ1) is 20.7. The van der Waals surface area contributed by atoms with Gasteiger partial charge >= 0.3 is 0 Å². The zero-order valence-corrected chi connectivity index (χ0v) is 16.5. The summed E-state index contributed by atoms with van der Waals surface area (Å²) in [5, 5.41) is 0. The molecule has 0 unspecified atom stereocenters. The summed E-state index contributed by atoms with van der Waals surface area (Å²) < 4.78 is 0. The lowest BCUT2D eigenvalue weighted by Gasteiger charge is -2.21. The van der Waals surface area contributed by atoms with Crippen LogP contribution >= 0.6 is 0 Å². The molecule has 0 aliphatic carbocycles. The summed E-state index contributed by atoms with van der Waals surface area (Å²) in [6, 6.07) is 0. The average molecular weight is 336 g/mol. The molecule has 0 amide bonds. The van der Waals surface area contributed by atoms with Gasteiger partial charge in [0.05, 0.1) is 0 Å². The minimum Gasteiger partial charge on any atom is -0.344 e. The highest BCUT2D eigenvalue weighted by Gasteiger charge is 2.12. The van der Waals surface area contributed by atoms with Gasteiger partial charge in [-0.25, -0.2) is 0 Å². The Morgan fingerprint density at radius 3 is 1.46 bits per heavy atom. The van der Waals surface area contributed by atoms with Gasteiger partial charge in [0.1, 0.15) is 5.82 Å². The van der Waals surface area contributed by atoms with Gasteiger partial charge < -0.3 is 9.80 Å². The van der Waals surface area contributed by atoms with Gasteiger partial charge in [0, 0.05) is 33.6 Å². The lowest BCUT2D eigenvalue weighted by molar-refractivity contribution is 0.646. The summed E-state index contributed by atoms with van der Waals surface area (Å²) in [6.07, 6.45) is 10.9. The molecule has 0 bridgehead atoms. The maximum Gasteiger partial charge on any atom is 0.230 e. The zero-order chi connectivity index (χ0) is 17.8. The minimum absolute atomic E-state index is 0.814. The molecule has 0 N–H and O–H groups in total. The molecule has 0 aromatic carbocycles. The summed E-state index contributed by atoms with van der Waals surface area (Å²) in [4.78, 5) is 18.3. The van der Waals surface area contributed by atoms with Crippen molar-refractivity contribution >= 4 is 11.9 Å². The molecule has 1 rings (SSSR count). The van der Waals surface area contributed by atoms with E-state index in [9.17, 15) is 0 Å². The predicted molar refractivity (Wildman–Crippen MR) is 104 cm³/mol. The number of unbranched alkanes of at least 4 members (excludes halogenated alkanes) is 6. The number of hydrogen-bond donors (Lipinski definition) is 0. The van der Waals surface area contributed by atoms with Gasteiger partial charge in [-0.15, -0.1) is 0 Å². The van der Waals surface area contributed by atoms with Gasteiger partial charge in [-0.3, -0.25) is 0 Å². The quantitative estimate of drug-likeness (QED) is 0.498. The van der Waals surface area contributed by atoms with Gasteiger partial charge in [0.15, 0.2) is 0 Å². The molecule has 1 aromatic heterocycles. The number of nitrogens with zero attached hydrogens (tertiary/aromatic N) is 5. The van der Waals surface area contributed by atoms with Crippen molar-refractivity contribution in [3.8, 4) is 0 Å². The standard InChI is InChI=1S/C19H37N5/c1-6-9-11-13-15-23(4)18-20-17(8-3)21-19(22-18)24(5)16-14-12-10-7-2/h6-16H2,1-5H3. The van der Waals surface area contributed by atoms with Gasteiger partial charge in [-0.05, 0) is 12.8 Å². The maximum atomic E-state index is 4.71. The average Bonchev–Trinajstić information content (AvgIpc) is 2.61. The van der Waals surface area contributed by atoms with E-state index in [2.05, 4.69) is 54.6 Å². The van der Waals surface area contributed by atoms with Crippen LogP contribution in [0.3, 0.4) is 0 Å². The largest absolute Gasteiger partial charge is 0.344 e. The van der Waals surface area contributed by atoms with Crippen LogP contribution in [0.15, 0.2) is 0 Å². The minimum atomic E-state index is 0.814. The SMILES string of the molecule is CCCCCCN(C)c1nc(CC)nc(N(C)CCCCCC)n1. The Bertz CT molecular complexity index is 413. The molecule has 0 atom stereocenters. The Morgan fingerprint density at radius 2 is 1.08 bits per heavy atom. The number of aryl methyl sites for hydroxylation is 1. The van der Waals surface area contributed by atoms with Crippen LogP contribution in [0.25, 0.3) is 0 Å². The molecule has 138 valence electrons. The highest BCUT2D eigenvalue weighted by atomic mass is 15.3. The fourth-order valence-electron chi connectivity index (χ4n) is 2.65. The van der Waals surface area contributed by atoms with Crippen LogP contribution in [0.1, 0.15) is 78.0 Å². The fraction of sp³-hybridized carbons (Fsp3) is 0.842. The second-order valence-electron chi connectivity index (χ2n) is 6.67. The van der Waals surface area contributed by atoms with Gasteiger partial charge in [0.2, 0.25) is 11.9 Å². The van der Waals surface area contributed by atoms with E-state index in [-0.39, 0.29) is 0 Å². The molecular formula is C19H37N5. The van der Waals surface area contributed by atoms with Crippen molar-refractivity contribution < 1.29 is 0 Å². The van der Waals surface area contributed by atoms with Crippen molar-refractivity contribution in [2.24, 2.45) is 0 Å².